The normalized spacial score (nSPS) is 11.1. The van der Waals surface area contributed by atoms with Crippen molar-refractivity contribution in [1.82, 2.24) is 14.7 Å². The van der Waals surface area contributed by atoms with Crippen molar-refractivity contribution in [1.29, 1.82) is 0 Å². The van der Waals surface area contributed by atoms with Crippen molar-refractivity contribution >= 4 is 17.9 Å². The summed E-state index contributed by atoms with van der Waals surface area (Å²) >= 11 is 0. The Bertz CT molecular complexity index is 935. The van der Waals surface area contributed by atoms with Crippen molar-refractivity contribution in [2.45, 2.75) is 174 Å². The van der Waals surface area contributed by atoms with Crippen molar-refractivity contribution in [3.63, 3.8) is 0 Å². The number of hydrogen-bond donors (Lipinski definition) is 0. The molecule has 0 fully saturated rings. The highest BCUT2D eigenvalue weighted by atomic mass is 16.5. The van der Waals surface area contributed by atoms with E-state index in [1.807, 2.05) is 63.1 Å². The number of ether oxygens (including phenoxy) is 3. The minimum absolute atomic E-state index is 0.0456. The summed E-state index contributed by atoms with van der Waals surface area (Å²) in [7, 11) is 11.8. The molecule has 0 rings (SSSR count). The van der Waals surface area contributed by atoms with Gasteiger partial charge in [0.1, 0.15) is 19.8 Å². The predicted molar refractivity (Wildman–Crippen MR) is 244 cm³/mol. The van der Waals surface area contributed by atoms with Gasteiger partial charge < -0.3 is 28.9 Å². The molecule has 9 heteroatoms. The van der Waals surface area contributed by atoms with E-state index < -0.39 is 0 Å². The maximum absolute atomic E-state index is 11.4. The Morgan fingerprint density at radius 1 is 0.421 bits per heavy atom. The third-order valence-corrected chi connectivity index (χ3v) is 8.99. The molecule has 0 atom stereocenters. The molecule has 0 aromatic carbocycles. The molecule has 0 spiro atoms. The number of esters is 3. The molecule has 0 saturated carbocycles. The molecule has 0 aromatic rings. The zero-order valence-corrected chi connectivity index (χ0v) is 38.8. The van der Waals surface area contributed by atoms with E-state index >= 15 is 0 Å². The Hall–Kier alpha value is -2.49. The van der Waals surface area contributed by atoms with Gasteiger partial charge in [0.2, 0.25) is 0 Å². The maximum atomic E-state index is 11.4. The molecule has 336 valence electrons. The van der Waals surface area contributed by atoms with E-state index in [1.54, 1.807) is 0 Å². The molecule has 0 aliphatic carbocycles. The topological polar surface area (TPSA) is 88.6 Å². The lowest BCUT2D eigenvalue weighted by atomic mass is 10.1. The number of unbranched alkanes of at least 4 members (excludes halogenated alkanes) is 17. The fourth-order valence-electron chi connectivity index (χ4n) is 5.30. The standard InChI is InChI=1S/C18H35NO2.C16H31NO2.C14H27NO2/c1-4-5-6-7-8-9-10-11-12-13-14-15-18(20)21-17-16-19(2)3;1-4-5-6-7-8-9-10-11-12-13-16(18)19-15-14-17(2)3;1-4-5-6-7-8-9-10-11-14(16)17-13-12-15(2)3/h7-8H,4-6,9-17H2,1-3H3;5-6H,4,7-15H2,1-3H3;4H,1,5-13H2,2-3H3/b8-7+;6-5+;. The number of nitrogens with zero attached hydrogens (tertiary/aromatic N) is 3. The summed E-state index contributed by atoms with van der Waals surface area (Å²) in [4.78, 5) is 40.2. The fourth-order valence-corrected chi connectivity index (χ4v) is 5.30. The van der Waals surface area contributed by atoms with Crippen molar-refractivity contribution < 1.29 is 28.6 Å². The first-order valence-electron chi connectivity index (χ1n) is 22.8. The van der Waals surface area contributed by atoms with Gasteiger partial charge in [-0.15, -0.1) is 6.58 Å². The molecule has 0 aliphatic rings. The van der Waals surface area contributed by atoms with Crippen molar-refractivity contribution in [3.05, 3.63) is 37.0 Å². The molecular weight excluding hydrogens is 715 g/mol. The molecular formula is C48H93N3O6. The van der Waals surface area contributed by atoms with Crippen LogP contribution in [-0.4, -0.2) is 114 Å². The van der Waals surface area contributed by atoms with Gasteiger partial charge in [0.05, 0.1) is 0 Å². The molecule has 0 amide bonds. The fraction of sp³-hybridized carbons (Fsp3) is 0.812. The van der Waals surface area contributed by atoms with E-state index in [4.69, 9.17) is 14.2 Å². The van der Waals surface area contributed by atoms with Crippen LogP contribution in [0.2, 0.25) is 0 Å². The summed E-state index contributed by atoms with van der Waals surface area (Å²) in [5.41, 5.74) is 0. The molecule has 0 saturated heterocycles. The van der Waals surface area contributed by atoms with Gasteiger partial charge in [-0.1, -0.05) is 115 Å². The monoisotopic (exact) mass is 808 g/mol. The summed E-state index contributed by atoms with van der Waals surface area (Å²) in [5.74, 6) is -0.152. The van der Waals surface area contributed by atoms with Gasteiger partial charge in [0.25, 0.3) is 0 Å². The lowest BCUT2D eigenvalue weighted by Gasteiger charge is -2.09. The number of rotatable bonds is 37. The van der Waals surface area contributed by atoms with E-state index in [9.17, 15) is 14.4 Å². The van der Waals surface area contributed by atoms with Crippen LogP contribution in [0.3, 0.4) is 0 Å². The Morgan fingerprint density at radius 3 is 1.04 bits per heavy atom. The highest BCUT2D eigenvalue weighted by Gasteiger charge is 2.05. The molecule has 0 aliphatic heterocycles. The molecule has 0 N–H and O–H groups in total. The smallest absolute Gasteiger partial charge is 0.305 e. The van der Waals surface area contributed by atoms with Crippen LogP contribution in [0.4, 0.5) is 0 Å². The first-order valence-corrected chi connectivity index (χ1v) is 22.8. The van der Waals surface area contributed by atoms with Crippen molar-refractivity contribution in [2.24, 2.45) is 0 Å². The molecule has 0 bridgehead atoms. The van der Waals surface area contributed by atoms with Gasteiger partial charge in [0, 0.05) is 38.9 Å². The second-order valence-corrected chi connectivity index (χ2v) is 15.8. The van der Waals surface area contributed by atoms with Crippen LogP contribution in [0.15, 0.2) is 37.0 Å². The zero-order chi connectivity index (χ0) is 43.0. The minimum atomic E-state index is -0.0575. The Balaban J connectivity index is -0.000000772. The molecule has 0 heterocycles. The first-order chi connectivity index (χ1) is 27.5. The van der Waals surface area contributed by atoms with Crippen LogP contribution in [0.1, 0.15) is 174 Å². The van der Waals surface area contributed by atoms with Gasteiger partial charge in [-0.05, 0) is 113 Å². The van der Waals surface area contributed by atoms with E-state index in [0.717, 1.165) is 71.0 Å². The largest absolute Gasteiger partial charge is 0.464 e. The summed E-state index contributed by atoms with van der Waals surface area (Å²) < 4.78 is 15.4. The van der Waals surface area contributed by atoms with Crippen LogP contribution in [0, 0.1) is 0 Å². The quantitative estimate of drug-likeness (QED) is 0.0263. The van der Waals surface area contributed by atoms with Crippen molar-refractivity contribution in [3.8, 4) is 0 Å². The molecule has 0 unspecified atom stereocenters. The highest BCUT2D eigenvalue weighted by molar-refractivity contribution is 5.69. The summed E-state index contributed by atoms with van der Waals surface area (Å²) in [6.07, 6.45) is 38.7. The number of carbonyl (C=O) groups excluding carboxylic acids is 3. The lowest BCUT2D eigenvalue weighted by molar-refractivity contribution is -0.145. The van der Waals surface area contributed by atoms with Gasteiger partial charge in [-0.2, -0.15) is 0 Å². The maximum Gasteiger partial charge on any atom is 0.305 e. The van der Waals surface area contributed by atoms with Crippen LogP contribution in [0.25, 0.3) is 0 Å². The Kier molecular flexibility index (Phi) is 51.2. The van der Waals surface area contributed by atoms with E-state index in [0.29, 0.717) is 39.1 Å². The SMILES string of the molecule is C=CCCCCCCCC(=O)OCCN(C)C.CC/C=C/CCCCCCCC(=O)OCCN(C)C.CCCC/C=C/CCCCCCCC(=O)OCCN(C)C. The van der Waals surface area contributed by atoms with Crippen LogP contribution < -0.4 is 0 Å². The molecule has 0 radical (unpaired) electrons. The van der Waals surface area contributed by atoms with E-state index in [1.165, 1.54) is 89.9 Å². The lowest BCUT2D eigenvalue weighted by Crippen LogP contribution is -2.20. The molecule has 9 nitrogen and oxygen atoms in total. The van der Waals surface area contributed by atoms with Gasteiger partial charge in [0.15, 0.2) is 0 Å². The highest BCUT2D eigenvalue weighted by Crippen LogP contribution is 2.10. The summed E-state index contributed by atoms with van der Waals surface area (Å²) in [5, 5.41) is 0. The van der Waals surface area contributed by atoms with Crippen molar-refractivity contribution in [2.75, 3.05) is 81.7 Å². The molecule has 57 heavy (non-hydrogen) atoms. The Labute approximate surface area is 353 Å². The number of hydrogen-bond acceptors (Lipinski definition) is 9. The number of allylic oxidation sites excluding steroid dienone is 5. The third-order valence-electron chi connectivity index (χ3n) is 8.99. The molecule has 0 aromatic heterocycles. The summed E-state index contributed by atoms with van der Waals surface area (Å²) in [6.45, 7) is 12.0. The minimum Gasteiger partial charge on any atom is -0.464 e. The van der Waals surface area contributed by atoms with E-state index in [2.05, 4.69) is 44.7 Å². The van der Waals surface area contributed by atoms with Gasteiger partial charge >= 0.3 is 17.9 Å². The number of likely N-dealkylation sites (N-methyl/N-ethyl adjacent to an activating group) is 3. The van der Waals surface area contributed by atoms with Crippen LogP contribution in [-0.2, 0) is 28.6 Å². The van der Waals surface area contributed by atoms with Crippen LogP contribution >= 0.6 is 0 Å². The third kappa shape index (κ3) is 60.3. The second-order valence-electron chi connectivity index (χ2n) is 15.8. The average molecular weight is 808 g/mol. The second kappa shape index (κ2) is 49.7. The zero-order valence-electron chi connectivity index (χ0n) is 38.8. The number of carbonyl (C=O) groups is 3. The first kappa shape index (κ1) is 58.8. The summed E-state index contributed by atoms with van der Waals surface area (Å²) in [6, 6.07) is 0. The van der Waals surface area contributed by atoms with E-state index in [-0.39, 0.29) is 17.9 Å². The predicted octanol–water partition coefficient (Wildman–Crippen LogP) is 11.4. The van der Waals surface area contributed by atoms with Gasteiger partial charge in [-0.3, -0.25) is 14.4 Å². The average Bonchev–Trinajstić information content (AvgIpc) is 3.16. The Morgan fingerprint density at radius 2 is 0.719 bits per heavy atom. The van der Waals surface area contributed by atoms with Crippen LogP contribution in [0.5, 0.6) is 0 Å². The van der Waals surface area contributed by atoms with Gasteiger partial charge in [-0.25, -0.2) is 0 Å².